The van der Waals surface area contributed by atoms with Crippen LogP contribution in [0.4, 0.5) is 0 Å². The van der Waals surface area contributed by atoms with Crippen molar-refractivity contribution in [2.24, 2.45) is 0 Å². The van der Waals surface area contributed by atoms with Crippen LogP contribution in [0.15, 0.2) is 10.3 Å². The van der Waals surface area contributed by atoms with Crippen LogP contribution in [0.5, 0.6) is 0 Å². The Morgan fingerprint density at radius 3 is 2.42 bits per heavy atom. The number of sulfonamides is 1. The van der Waals surface area contributed by atoms with E-state index < -0.39 is 10.0 Å². The lowest BCUT2D eigenvalue weighted by atomic mass is 10.2. The number of nitrogens with one attached hydrogen (secondary N) is 2. The Kier molecular flexibility index (Phi) is 6.46. The smallest absolute Gasteiger partial charge is 0.250 e. The SMILES string of the molecule is CCNCc1sc(S(=O)(=O)NC(CC)CC)cc1C. The number of thiophene rings is 1. The molecule has 0 saturated carbocycles. The molecule has 0 spiro atoms. The zero-order valence-corrected chi connectivity index (χ0v) is 13.7. The highest BCUT2D eigenvalue weighted by Crippen LogP contribution is 2.26. The molecule has 19 heavy (non-hydrogen) atoms. The summed E-state index contributed by atoms with van der Waals surface area (Å²) in [5.41, 5.74) is 1.04. The minimum absolute atomic E-state index is 0.0182. The molecule has 0 atom stereocenters. The summed E-state index contributed by atoms with van der Waals surface area (Å²) in [6, 6.07) is 1.78. The van der Waals surface area contributed by atoms with Gasteiger partial charge in [-0.1, -0.05) is 20.8 Å². The first-order valence-corrected chi connectivity index (χ1v) is 9.06. The standard InChI is InChI=1S/C13H24N2O2S2/c1-5-11(6-2)15-19(16,17)13-8-10(4)12(18-13)9-14-7-3/h8,11,14-15H,5-7,9H2,1-4H3. The maximum absolute atomic E-state index is 12.3. The van der Waals surface area contributed by atoms with Crippen LogP contribution in [0.3, 0.4) is 0 Å². The Labute approximate surface area is 120 Å². The van der Waals surface area contributed by atoms with Crippen molar-refractivity contribution in [3.05, 3.63) is 16.5 Å². The van der Waals surface area contributed by atoms with Crippen molar-refractivity contribution in [1.29, 1.82) is 0 Å². The lowest BCUT2D eigenvalue weighted by Gasteiger charge is -2.13. The molecule has 1 heterocycles. The van der Waals surface area contributed by atoms with E-state index in [9.17, 15) is 8.42 Å². The number of hydrogen-bond donors (Lipinski definition) is 2. The third kappa shape index (κ3) is 4.56. The fourth-order valence-electron chi connectivity index (χ4n) is 1.77. The van der Waals surface area contributed by atoms with Gasteiger partial charge in [0, 0.05) is 17.5 Å². The molecule has 1 rings (SSSR count). The molecule has 0 amide bonds. The van der Waals surface area contributed by atoms with Crippen molar-refractivity contribution in [3.63, 3.8) is 0 Å². The summed E-state index contributed by atoms with van der Waals surface area (Å²) < 4.78 is 27.7. The summed E-state index contributed by atoms with van der Waals surface area (Å²) in [5.74, 6) is 0. The molecule has 110 valence electrons. The van der Waals surface area contributed by atoms with Gasteiger partial charge in [0.05, 0.1) is 0 Å². The van der Waals surface area contributed by atoms with Crippen LogP contribution in [-0.4, -0.2) is 21.0 Å². The Morgan fingerprint density at radius 1 is 1.26 bits per heavy atom. The number of rotatable bonds is 8. The molecule has 0 radical (unpaired) electrons. The van der Waals surface area contributed by atoms with Gasteiger partial charge in [0.25, 0.3) is 0 Å². The van der Waals surface area contributed by atoms with Crippen LogP contribution in [0.2, 0.25) is 0 Å². The van der Waals surface area contributed by atoms with Crippen LogP contribution < -0.4 is 10.0 Å². The third-order valence-corrected chi connectivity index (χ3v) is 6.34. The molecule has 0 saturated heterocycles. The zero-order chi connectivity index (χ0) is 14.5. The fraction of sp³-hybridized carbons (Fsp3) is 0.692. The van der Waals surface area contributed by atoms with E-state index in [-0.39, 0.29) is 6.04 Å². The van der Waals surface area contributed by atoms with E-state index >= 15 is 0 Å². The number of hydrogen-bond acceptors (Lipinski definition) is 4. The molecule has 1 aromatic rings. The predicted molar refractivity (Wildman–Crippen MR) is 81.1 cm³/mol. The molecule has 0 bridgehead atoms. The van der Waals surface area contributed by atoms with Gasteiger partial charge in [-0.15, -0.1) is 11.3 Å². The van der Waals surface area contributed by atoms with Crippen molar-refractivity contribution in [1.82, 2.24) is 10.0 Å². The van der Waals surface area contributed by atoms with E-state index in [0.717, 1.165) is 36.4 Å². The van der Waals surface area contributed by atoms with Crippen LogP contribution in [0, 0.1) is 6.92 Å². The molecule has 0 aliphatic heterocycles. The van der Waals surface area contributed by atoms with Crippen molar-refractivity contribution in [3.8, 4) is 0 Å². The fourth-order valence-corrected chi connectivity index (χ4v) is 4.75. The van der Waals surface area contributed by atoms with Gasteiger partial charge < -0.3 is 5.32 Å². The Balaban J connectivity index is 2.89. The van der Waals surface area contributed by atoms with Gasteiger partial charge in [-0.25, -0.2) is 13.1 Å². The summed E-state index contributed by atoms with van der Waals surface area (Å²) in [6.45, 7) is 9.59. The molecule has 0 aliphatic carbocycles. The topological polar surface area (TPSA) is 58.2 Å². The zero-order valence-electron chi connectivity index (χ0n) is 12.1. The van der Waals surface area contributed by atoms with E-state index in [4.69, 9.17) is 0 Å². The summed E-state index contributed by atoms with van der Waals surface area (Å²) in [5, 5.41) is 3.23. The first-order valence-electron chi connectivity index (χ1n) is 6.76. The first-order chi connectivity index (χ1) is 8.94. The Bertz CT molecular complexity index is 491. The van der Waals surface area contributed by atoms with Gasteiger partial charge in [-0.2, -0.15) is 0 Å². The third-order valence-electron chi connectivity index (χ3n) is 3.11. The molecule has 1 aromatic heterocycles. The van der Waals surface area contributed by atoms with E-state index in [0.29, 0.717) is 4.21 Å². The highest BCUT2D eigenvalue weighted by atomic mass is 32.2. The van der Waals surface area contributed by atoms with E-state index in [1.807, 2.05) is 27.7 Å². The molecule has 4 nitrogen and oxygen atoms in total. The minimum atomic E-state index is -3.37. The quantitative estimate of drug-likeness (QED) is 0.776. The molecule has 0 aromatic carbocycles. The van der Waals surface area contributed by atoms with E-state index in [2.05, 4.69) is 10.0 Å². The number of aryl methyl sites for hydroxylation is 1. The second-order valence-electron chi connectivity index (χ2n) is 4.59. The van der Waals surface area contributed by atoms with Crippen LogP contribution >= 0.6 is 11.3 Å². The molecular formula is C13H24N2O2S2. The van der Waals surface area contributed by atoms with Crippen molar-refractivity contribution < 1.29 is 8.42 Å². The van der Waals surface area contributed by atoms with Gasteiger partial charge in [-0.3, -0.25) is 0 Å². The van der Waals surface area contributed by atoms with E-state index in [1.165, 1.54) is 11.3 Å². The Hall–Kier alpha value is -0.430. The summed E-state index contributed by atoms with van der Waals surface area (Å²) >= 11 is 1.36. The predicted octanol–water partition coefficient (Wildman–Crippen LogP) is 2.63. The average Bonchev–Trinajstić information content (AvgIpc) is 2.75. The summed E-state index contributed by atoms with van der Waals surface area (Å²) in [7, 11) is -3.37. The molecule has 0 fully saturated rings. The van der Waals surface area contributed by atoms with Crippen molar-refractivity contribution in [2.45, 2.75) is 57.3 Å². The molecule has 2 N–H and O–H groups in total. The van der Waals surface area contributed by atoms with Gasteiger partial charge in [0.1, 0.15) is 4.21 Å². The second kappa shape index (κ2) is 7.38. The van der Waals surface area contributed by atoms with Crippen LogP contribution in [0.1, 0.15) is 44.1 Å². The van der Waals surface area contributed by atoms with Gasteiger partial charge in [0.2, 0.25) is 10.0 Å². The summed E-state index contributed by atoms with van der Waals surface area (Å²) in [6.07, 6.45) is 1.62. The van der Waals surface area contributed by atoms with Gasteiger partial charge in [0.15, 0.2) is 0 Å². The molecular weight excluding hydrogens is 280 g/mol. The Morgan fingerprint density at radius 2 is 1.89 bits per heavy atom. The van der Waals surface area contributed by atoms with Crippen molar-refractivity contribution in [2.75, 3.05) is 6.54 Å². The largest absolute Gasteiger partial charge is 0.312 e. The highest BCUT2D eigenvalue weighted by molar-refractivity contribution is 7.91. The van der Waals surface area contributed by atoms with Gasteiger partial charge in [-0.05, 0) is 37.9 Å². The second-order valence-corrected chi connectivity index (χ2v) is 7.66. The molecule has 0 unspecified atom stereocenters. The van der Waals surface area contributed by atoms with Crippen molar-refractivity contribution >= 4 is 21.4 Å². The molecule has 6 heteroatoms. The molecule has 0 aliphatic rings. The summed E-state index contributed by atoms with van der Waals surface area (Å²) in [4.78, 5) is 1.09. The first kappa shape index (κ1) is 16.6. The van der Waals surface area contributed by atoms with Crippen LogP contribution in [-0.2, 0) is 16.6 Å². The maximum atomic E-state index is 12.3. The minimum Gasteiger partial charge on any atom is -0.312 e. The lowest BCUT2D eigenvalue weighted by molar-refractivity contribution is 0.531. The van der Waals surface area contributed by atoms with E-state index in [1.54, 1.807) is 6.07 Å². The average molecular weight is 304 g/mol. The lowest BCUT2D eigenvalue weighted by Crippen LogP contribution is -2.33. The van der Waals surface area contributed by atoms with Gasteiger partial charge >= 0.3 is 0 Å². The highest BCUT2D eigenvalue weighted by Gasteiger charge is 2.21. The van der Waals surface area contributed by atoms with Crippen LogP contribution in [0.25, 0.3) is 0 Å². The monoisotopic (exact) mass is 304 g/mol. The normalized spacial score (nSPS) is 12.3. The maximum Gasteiger partial charge on any atom is 0.250 e.